The van der Waals surface area contributed by atoms with Gasteiger partial charge in [0.1, 0.15) is 5.41 Å². The van der Waals surface area contributed by atoms with E-state index >= 15 is 0 Å². The predicted octanol–water partition coefficient (Wildman–Crippen LogP) is 7.82. The third-order valence-electron chi connectivity index (χ3n) is 10.8. The molecule has 0 saturated heterocycles. The molecule has 0 amide bonds. The zero-order chi connectivity index (χ0) is 18.0. The van der Waals surface area contributed by atoms with Gasteiger partial charge in [-0.25, -0.2) is 0 Å². The molecule has 0 aromatic rings. The molecular formula is C27H43+. The summed E-state index contributed by atoms with van der Waals surface area (Å²) in [5, 5.41) is 0. The van der Waals surface area contributed by atoms with Crippen molar-refractivity contribution in [3.63, 3.8) is 0 Å². The number of hydrogen-bond donors (Lipinski definition) is 0. The summed E-state index contributed by atoms with van der Waals surface area (Å²) in [5.74, 6) is 11.1. The second kappa shape index (κ2) is 6.70. The van der Waals surface area contributed by atoms with E-state index in [0.29, 0.717) is 0 Å². The maximum atomic E-state index is 2.59. The Labute approximate surface area is 168 Å². The number of fused-ring (bicyclic) bond motifs is 1. The molecule has 0 bridgehead atoms. The van der Waals surface area contributed by atoms with Gasteiger partial charge in [-0.05, 0) is 93.3 Å². The molecule has 6 rings (SSSR count). The van der Waals surface area contributed by atoms with Crippen molar-refractivity contribution in [2.45, 2.75) is 110 Å². The van der Waals surface area contributed by atoms with Gasteiger partial charge in [-0.15, -0.1) is 0 Å². The Hall–Kier alpha value is -0.130. The fourth-order valence-electron chi connectivity index (χ4n) is 8.17. The molecule has 0 radical (unpaired) electrons. The van der Waals surface area contributed by atoms with E-state index in [9.17, 15) is 0 Å². The van der Waals surface area contributed by atoms with Crippen LogP contribution in [0.15, 0.2) is 0 Å². The van der Waals surface area contributed by atoms with E-state index in [1.54, 1.807) is 89.9 Å². The van der Waals surface area contributed by atoms with Crippen LogP contribution in [0, 0.1) is 58.7 Å². The van der Waals surface area contributed by atoms with Gasteiger partial charge in [0.15, 0.2) is 0 Å². The summed E-state index contributed by atoms with van der Waals surface area (Å²) in [6.07, 6.45) is 25.2. The molecule has 150 valence electrons. The second-order valence-corrected chi connectivity index (χ2v) is 12.4. The number of hydrogen-bond acceptors (Lipinski definition) is 0. The molecule has 0 aromatic heterocycles. The van der Waals surface area contributed by atoms with Crippen LogP contribution in [0.2, 0.25) is 0 Å². The van der Waals surface area contributed by atoms with Crippen molar-refractivity contribution in [3.8, 4) is 0 Å². The minimum absolute atomic E-state index is 0.756. The summed E-state index contributed by atoms with van der Waals surface area (Å²) in [6.45, 7) is 2.59. The minimum atomic E-state index is 0.756. The van der Waals surface area contributed by atoms with Gasteiger partial charge in [0.05, 0.1) is 19.3 Å². The molecule has 5 unspecified atom stereocenters. The summed E-state index contributed by atoms with van der Waals surface area (Å²) >= 11 is 0. The highest BCUT2D eigenvalue weighted by Gasteiger charge is 2.65. The standard InChI is InChI=1S/C27H43/c1-18(12-24-17-26(24)22-9-8-21-15-23(21)16-22)27(10-11-27)25-13-20(14-25)7-3-6-19-4-2-5-19/h19-26H,2-17H2,1H3/q+1. The fourth-order valence-corrected chi connectivity index (χ4v) is 8.17. The average molecular weight is 368 g/mol. The zero-order valence-electron chi connectivity index (χ0n) is 17.9. The first-order valence-electron chi connectivity index (χ1n) is 13.0. The highest BCUT2D eigenvalue weighted by atomic mass is 14.6. The van der Waals surface area contributed by atoms with Gasteiger partial charge < -0.3 is 0 Å². The van der Waals surface area contributed by atoms with Crippen molar-refractivity contribution < 1.29 is 0 Å². The highest BCUT2D eigenvalue weighted by molar-refractivity contribution is 5.19. The maximum absolute atomic E-state index is 2.59. The summed E-state index contributed by atoms with van der Waals surface area (Å²) in [6, 6.07) is 0. The predicted molar refractivity (Wildman–Crippen MR) is 113 cm³/mol. The van der Waals surface area contributed by atoms with Crippen LogP contribution < -0.4 is 0 Å². The van der Waals surface area contributed by atoms with Crippen LogP contribution in [0.4, 0.5) is 0 Å². The van der Waals surface area contributed by atoms with Crippen LogP contribution in [0.5, 0.6) is 0 Å². The monoisotopic (exact) mass is 367 g/mol. The Balaban J connectivity index is 0.928. The van der Waals surface area contributed by atoms with Crippen LogP contribution in [0.3, 0.4) is 0 Å². The molecule has 6 fully saturated rings. The van der Waals surface area contributed by atoms with Crippen molar-refractivity contribution in [1.29, 1.82) is 0 Å². The topological polar surface area (TPSA) is 0 Å². The van der Waals surface area contributed by atoms with Crippen LogP contribution in [0.25, 0.3) is 0 Å². The lowest BCUT2D eigenvalue weighted by Gasteiger charge is -2.40. The Bertz CT molecular complexity index is 534. The Morgan fingerprint density at radius 2 is 1.52 bits per heavy atom. The van der Waals surface area contributed by atoms with E-state index < -0.39 is 0 Å². The molecule has 0 aromatic carbocycles. The summed E-state index contributed by atoms with van der Waals surface area (Å²) in [5.41, 5.74) is 0.756. The van der Waals surface area contributed by atoms with E-state index in [0.717, 1.165) is 40.9 Å². The third kappa shape index (κ3) is 3.40. The first-order valence-corrected chi connectivity index (χ1v) is 13.0. The normalized spacial score (nSPS) is 46.8. The summed E-state index contributed by atoms with van der Waals surface area (Å²) < 4.78 is 0. The lowest BCUT2D eigenvalue weighted by Crippen LogP contribution is -2.34. The zero-order valence-corrected chi connectivity index (χ0v) is 17.9. The lowest BCUT2D eigenvalue weighted by atomic mass is 9.61. The molecule has 6 saturated carbocycles. The van der Waals surface area contributed by atoms with Crippen LogP contribution in [-0.4, -0.2) is 0 Å². The van der Waals surface area contributed by atoms with Crippen molar-refractivity contribution in [2.24, 2.45) is 52.8 Å². The Kier molecular flexibility index (Phi) is 4.39. The van der Waals surface area contributed by atoms with Crippen LogP contribution >= 0.6 is 0 Å². The van der Waals surface area contributed by atoms with Crippen LogP contribution in [-0.2, 0) is 0 Å². The summed E-state index contributed by atoms with van der Waals surface area (Å²) in [7, 11) is 0. The maximum Gasteiger partial charge on any atom is 0.113 e. The first kappa shape index (κ1) is 17.7. The van der Waals surface area contributed by atoms with Gasteiger partial charge in [0, 0.05) is 11.8 Å². The van der Waals surface area contributed by atoms with Crippen molar-refractivity contribution >= 4 is 0 Å². The van der Waals surface area contributed by atoms with Crippen molar-refractivity contribution in [3.05, 3.63) is 5.92 Å². The summed E-state index contributed by atoms with van der Waals surface area (Å²) in [4.78, 5) is 0. The lowest BCUT2D eigenvalue weighted by molar-refractivity contribution is 0.0999. The van der Waals surface area contributed by atoms with E-state index in [1.165, 1.54) is 24.7 Å². The molecule has 6 aliphatic carbocycles. The fraction of sp³-hybridized carbons (Fsp3) is 0.963. The average Bonchev–Trinajstić information content (AvgIpc) is 3.45. The SMILES string of the molecule is C[C+](CC1CC1C1CCC2CC2C1)C1(C2CC(CCCC3CCC3)C2)CC1. The quantitative estimate of drug-likeness (QED) is 0.364. The second-order valence-electron chi connectivity index (χ2n) is 12.4. The van der Waals surface area contributed by atoms with E-state index in [4.69, 9.17) is 0 Å². The van der Waals surface area contributed by atoms with Crippen LogP contribution in [0.1, 0.15) is 110 Å². The van der Waals surface area contributed by atoms with Gasteiger partial charge in [0.2, 0.25) is 0 Å². The third-order valence-corrected chi connectivity index (χ3v) is 10.8. The van der Waals surface area contributed by atoms with Crippen molar-refractivity contribution in [1.82, 2.24) is 0 Å². The first-order chi connectivity index (χ1) is 13.2. The van der Waals surface area contributed by atoms with E-state index in [-0.39, 0.29) is 0 Å². The van der Waals surface area contributed by atoms with Gasteiger partial charge in [0.25, 0.3) is 0 Å². The highest BCUT2D eigenvalue weighted by Crippen LogP contribution is 2.68. The smallest absolute Gasteiger partial charge is 0.0528 e. The van der Waals surface area contributed by atoms with Gasteiger partial charge in [-0.3, -0.25) is 0 Å². The molecule has 5 atom stereocenters. The Morgan fingerprint density at radius 3 is 2.22 bits per heavy atom. The molecule has 0 aliphatic heterocycles. The van der Waals surface area contributed by atoms with Gasteiger partial charge in [-0.1, -0.05) is 38.5 Å². The number of rotatable bonds is 9. The molecule has 0 heterocycles. The van der Waals surface area contributed by atoms with Crippen molar-refractivity contribution in [2.75, 3.05) is 0 Å². The molecular weight excluding hydrogens is 324 g/mol. The largest absolute Gasteiger partial charge is 0.113 e. The molecule has 6 aliphatic rings. The minimum Gasteiger partial charge on any atom is -0.0528 e. The van der Waals surface area contributed by atoms with Gasteiger partial charge in [-0.2, -0.15) is 0 Å². The van der Waals surface area contributed by atoms with E-state index in [2.05, 4.69) is 6.92 Å². The molecule has 0 heteroatoms. The molecule has 0 spiro atoms. The molecule has 0 nitrogen and oxygen atoms in total. The molecule has 0 N–H and O–H groups in total. The van der Waals surface area contributed by atoms with E-state index in [1.807, 2.05) is 5.92 Å². The van der Waals surface area contributed by atoms with Gasteiger partial charge >= 0.3 is 0 Å². The molecule has 27 heavy (non-hydrogen) atoms. The Morgan fingerprint density at radius 1 is 0.778 bits per heavy atom.